The summed E-state index contributed by atoms with van der Waals surface area (Å²) in [5, 5.41) is 0. The number of hydrogen-bond donors (Lipinski definition) is 0. The van der Waals surface area contributed by atoms with Crippen LogP contribution in [0.25, 0.3) is 0 Å². The molecule has 2 amide bonds. The molecule has 5 nitrogen and oxygen atoms in total. The number of rotatable bonds is 4. The first-order valence-electron chi connectivity index (χ1n) is 8.21. The summed E-state index contributed by atoms with van der Waals surface area (Å²) in [7, 11) is 0. The van der Waals surface area contributed by atoms with Gasteiger partial charge in [0.2, 0.25) is 5.91 Å². The zero-order valence-electron chi connectivity index (χ0n) is 14.2. The van der Waals surface area contributed by atoms with Gasteiger partial charge in [0.1, 0.15) is 5.60 Å². The van der Waals surface area contributed by atoms with Crippen molar-refractivity contribution in [2.45, 2.75) is 58.6 Å². The Bertz CT molecular complexity index is 449. The molecule has 2 fully saturated rings. The highest BCUT2D eigenvalue weighted by molar-refractivity contribution is 5.87. The van der Waals surface area contributed by atoms with Gasteiger partial charge in [-0.3, -0.25) is 4.79 Å². The van der Waals surface area contributed by atoms with Crippen LogP contribution in [-0.2, 0) is 9.53 Å². The van der Waals surface area contributed by atoms with Gasteiger partial charge in [-0.2, -0.15) is 0 Å². The molecule has 0 aromatic carbocycles. The highest BCUT2D eigenvalue weighted by Crippen LogP contribution is 2.28. The van der Waals surface area contributed by atoms with E-state index in [0.717, 1.165) is 32.4 Å². The van der Waals surface area contributed by atoms with Crippen molar-refractivity contribution in [3.8, 4) is 0 Å². The van der Waals surface area contributed by atoms with E-state index in [1.54, 1.807) is 17.1 Å². The van der Waals surface area contributed by atoms with Crippen LogP contribution in [0.5, 0.6) is 0 Å². The normalized spacial score (nSPS) is 22.2. The first-order chi connectivity index (χ1) is 10.3. The number of amides is 2. The molecule has 1 heterocycles. The SMILES string of the molecule is C[C@@H]1CCN(C(=O)/C=C/CN(C(=O)OC(C)(C)C)C2CC2)C1. The number of ether oxygens (including phenoxy) is 1. The number of carbonyl (C=O) groups excluding carboxylic acids is 2. The Kier molecular flexibility index (Phi) is 5.14. The predicted molar refractivity (Wildman–Crippen MR) is 85.5 cm³/mol. The molecule has 0 spiro atoms. The van der Waals surface area contributed by atoms with Gasteiger partial charge in [0.05, 0.1) is 0 Å². The third kappa shape index (κ3) is 5.04. The zero-order chi connectivity index (χ0) is 16.3. The monoisotopic (exact) mass is 308 g/mol. The summed E-state index contributed by atoms with van der Waals surface area (Å²) < 4.78 is 5.43. The second-order valence-corrected chi connectivity index (χ2v) is 7.44. The molecule has 0 radical (unpaired) electrons. The summed E-state index contributed by atoms with van der Waals surface area (Å²) in [4.78, 5) is 27.8. The Hall–Kier alpha value is -1.52. The van der Waals surface area contributed by atoms with Gasteiger partial charge < -0.3 is 14.5 Å². The van der Waals surface area contributed by atoms with Crippen molar-refractivity contribution in [2.75, 3.05) is 19.6 Å². The quantitative estimate of drug-likeness (QED) is 0.750. The van der Waals surface area contributed by atoms with E-state index in [4.69, 9.17) is 4.74 Å². The van der Waals surface area contributed by atoms with Crippen LogP contribution in [-0.4, -0.2) is 53.1 Å². The Morgan fingerprint density at radius 1 is 1.27 bits per heavy atom. The lowest BCUT2D eigenvalue weighted by Crippen LogP contribution is -2.38. The molecule has 1 saturated carbocycles. The van der Waals surface area contributed by atoms with Gasteiger partial charge in [0.15, 0.2) is 0 Å². The van der Waals surface area contributed by atoms with E-state index in [9.17, 15) is 9.59 Å². The first kappa shape index (κ1) is 16.8. The number of hydrogen-bond acceptors (Lipinski definition) is 3. The van der Waals surface area contributed by atoms with E-state index in [2.05, 4.69) is 6.92 Å². The molecular weight excluding hydrogens is 280 g/mol. The number of carbonyl (C=O) groups is 2. The van der Waals surface area contributed by atoms with Crippen LogP contribution in [0.2, 0.25) is 0 Å². The second kappa shape index (κ2) is 6.71. The molecule has 22 heavy (non-hydrogen) atoms. The maximum Gasteiger partial charge on any atom is 0.410 e. The molecule has 0 unspecified atom stereocenters. The minimum absolute atomic E-state index is 0.0456. The van der Waals surface area contributed by atoms with E-state index in [1.165, 1.54) is 0 Å². The topological polar surface area (TPSA) is 49.9 Å². The summed E-state index contributed by atoms with van der Waals surface area (Å²) in [6.45, 7) is 9.87. The standard InChI is InChI=1S/C17H28N2O3/c1-13-9-11-18(12-13)15(20)6-5-10-19(14-7-8-14)16(21)22-17(2,3)4/h5-6,13-14H,7-12H2,1-4H3/b6-5+/t13-/m1/s1. The maximum absolute atomic E-state index is 12.2. The van der Waals surface area contributed by atoms with Crippen molar-refractivity contribution in [3.05, 3.63) is 12.2 Å². The van der Waals surface area contributed by atoms with Gasteiger partial charge in [-0.1, -0.05) is 13.0 Å². The molecule has 0 bridgehead atoms. The van der Waals surface area contributed by atoms with E-state index in [0.29, 0.717) is 12.5 Å². The van der Waals surface area contributed by atoms with Crippen LogP contribution in [0, 0.1) is 5.92 Å². The van der Waals surface area contributed by atoms with E-state index >= 15 is 0 Å². The van der Waals surface area contributed by atoms with Gasteiger partial charge in [-0.25, -0.2) is 4.79 Å². The molecule has 0 aromatic rings. The fraction of sp³-hybridized carbons (Fsp3) is 0.765. The lowest BCUT2D eigenvalue weighted by Gasteiger charge is -2.26. The Balaban J connectivity index is 1.85. The van der Waals surface area contributed by atoms with Gasteiger partial charge in [-0.15, -0.1) is 0 Å². The van der Waals surface area contributed by atoms with Gasteiger partial charge in [0, 0.05) is 31.8 Å². The van der Waals surface area contributed by atoms with Crippen LogP contribution in [0.3, 0.4) is 0 Å². The maximum atomic E-state index is 12.2. The zero-order valence-corrected chi connectivity index (χ0v) is 14.2. The van der Waals surface area contributed by atoms with E-state index < -0.39 is 5.60 Å². The molecule has 124 valence electrons. The van der Waals surface area contributed by atoms with Crippen molar-refractivity contribution in [3.63, 3.8) is 0 Å². The highest BCUT2D eigenvalue weighted by Gasteiger charge is 2.34. The molecule has 1 aliphatic carbocycles. The first-order valence-corrected chi connectivity index (χ1v) is 8.21. The Labute approximate surface area is 133 Å². The molecule has 1 atom stereocenters. The summed E-state index contributed by atoms with van der Waals surface area (Å²) in [6.07, 6.45) is 6.20. The minimum Gasteiger partial charge on any atom is -0.444 e. The van der Waals surface area contributed by atoms with Crippen molar-refractivity contribution >= 4 is 12.0 Å². The van der Waals surface area contributed by atoms with Crippen LogP contribution < -0.4 is 0 Å². The van der Waals surface area contributed by atoms with Crippen LogP contribution in [0.1, 0.15) is 47.0 Å². The average Bonchev–Trinajstić information content (AvgIpc) is 3.13. The minimum atomic E-state index is -0.491. The van der Waals surface area contributed by atoms with Gasteiger partial charge in [-0.05, 0) is 46.0 Å². The van der Waals surface area contributed by atoms with Crippen molar-refractivity contribution in [1.82, 2.24) is 9.80 Å². The van der Waals surface area contributed by atoms with Crippen LogP contribution in [0.4, 0.5) is 4.79 Å². The van der Waals surface area contributed by atoms with Crippen LogP contribution >= 0.6 is 0 Å². The fourth-order valence-corrected chi connectivity index (χ4v) is 2.59. The predicted octanol–water partition coefficient (Wildman–Crippen LogP) is 2.81. The lowest BCUT2D eigenvalue weighted by molar-refractivity contribution is -0.125. The molecule has 0 aromatic heterocycles. The van der Waals surface area contributed by atoms with Crippen molar-refractivity contribution < 1.29 is 14.3 Å². The molecule has 0 N–H and O–H groups in total. The lowest BCUT2D eigenvalue weighted by atomic mass is 10.2. The van der Waals surface area contributed by atoms with Gasteiger partial charge in [0.25, 0.3) is 0 Å². The largest absolute Gasteiger partial charge is 0.444 e. The summed E-state index contributed by atoms with van der Waals surface area (Å²) >= 11 is 0. The van der Waals surface area contributed by atoms with Crippen molar-refractivity contribution in [1.29, 1.82) is 0 Å². The number of likely N-dealkylation sites (tertiary alicyclic amines) is 1. The molecule has 5 heteroatoms. The number of nitrogens with zero attached hydrogens (tertiary/aromatic N) is 2. The summed E-state index contributed by atoms with van der Waals surface area (Å²) in [5.41, 5.74) is -0.491. The van der Waals surface area contributed by atoms with Crippen molar-refractivity contribution in [2.24, 2.45) is 5.92 Å². The van der Waals surface area contributed by atoms with Crippen LogP contribution in [0.15, 0.2) is 12.2 Å². The second-order valence-electron chi connectivity index (χ2n) is 7.44. The molecule has 2 aliphatic rings. The fourth-order valence-electron chi connectivity index (χ4n) is 2.59. The Morgan fingerprint density at radius 2 is 1.95 bits per heavy atom. The summed E-state index contributed by atoms with van der Waals surface area (Å²) in [5.74, 6) is 0.631. The smallest absolute Gasteiger partial charge is 0.410 e. The Morgan fingerprint density at radius 3 is 2.45 bits per heavy atom. The third-order valence-electron chi connectivity index (χ3n) is 3.91. The average molecular weight is 308 g/mol. The molecule has 1 saturated heterocycles. The van der Waals surface area contributed by atoms with E-state index in [-0.39, 0.29) is 18.0 Å². The molecule has 2 rings (SSSR count). The van der Waals surface area contributed by atoms with E-state index in [1.807, 2.05) is 25.7 Å². The molecular formula is C17H28N2O3. The highest BCUT2D eigenvalue weighted by atomic mass is 16.6. The summed E-state index contributed by atoms with van der Waals surface area (Å²) in [6, 6.07) is 0.265. The van der Waals surface area contributed by atoms with Gasteiger partial charge >= 0.3 is 6.09 Å². The molecule has 1 aliphatic heterocycles. The third-order valence-corrected chi connectivity index (χ3v) is 3.91.